The van der Waals surface area contributed by atoms with Crippen molar-refractivity contribution in [3.63, 3.8) is 0 Å². The molecule has 0 saturated heterocycles. The fraction of sp³-hybridized carbons (Fsp3) is 0.417. The first-order chi connectivity index (χ1) is 7.34. The highest BCUT2D eigenvalue weighted by atomic mass is 35.5. The van der Waals surface area contributed by atoms with E-state index in [0.29, 0.717) is 16.3 Å². The second-order valence-corrected chi connectivity index (χ2v) is 5.10. The third-order valence-corrected chi connectivity index (χ3v) is 2.41. The number of benzene rings is 1. The van der Waals surface area contributed by atoms with Gasteiger partial charge in [-0.05, 0) is 12.1 Å². The molecule has 0 heterocycles. The van der Waals surface area contributed by atoms with Crippen LogP contribution in [0.15, 0.2) is 18.2 Å². The van der Waals surface area contributed by atoms with Crippen LogP contribution in [0.2, 0.25) is 5.02 Å². The van der Waals surface area contributed by atoms with Crippen LogP contribution in [0.4, 0.5) is 5.69 Å². The molecule has 1 rings (SSSR count). The molecule has 88 valence electrons. The van der Waals surface area contributed by atoms with Gasteiger partial charge in [-0.2, -0.15) is 0 Å². The Hall–Kier alpha value is -1.06. The molecule has 0 aliphatic carbocycles. The van der Waals surface area contributed by atoms with Crippen molar-refractivity contribution in [3.05, 3.63) is 28.8 Å². The summed E-state index contributed by atoms with van der Waals surface area (Å²) in [6.45, 7) is 5.35. The molecule has 0 atom stereocenters. The van der Waals surface area contributed by atoms with Crippen molar-refractivity contribution in [2.75, 3.05) is 5.32 Å². The van der Waals surface area contributed by atoms with Gasteiger partial charge in [-0.3, -0.25) is 4.79 Å². The predicted octanol–water partition coefficient (Wildman–Crippen LogP) is 2.82. The van der Waals surface area contributed by atoms with Crippen LogP contribution in [-0.2, 0) is 11.4 Å². The molecule has 0 fully saturated rings. The van der Waals surface area contributed by atoms with Gasteiger partial charge in [-0.25, -0.2) is 0 Å². The monoisotopic (exact) mass is 241 g/mol. The van der Waals surface area contributed by atoms with Gasteiger partial charge < -0.3 is 10.4 Å². The SMILES string of the molecule is CC(C)(C)C(=O)Nc1cc(Cl)ccc1CO. The maximum absolute atomic E-state index is 11.8. The van der Waals surface area contributed by atoms with E-state index in [1.54, 1.807) is 18.2 Å². The number of anilines is 1. The Bertz CT molecular complexity index is 396. The minimum absolute atomic E-state index is 0.107. The number of hydrogen-bond acceptors (Lipinski definition) is 2. The normalized spacial score (nSPS) is 11.3. The van der Waals surface area contributed by atoms with Crippen LogP contribution in [-0.4, -0.2) is 11.0 Å². The molecule has 2 N–H and O–H groups in total. The Morgan fingerprint density at radius 1 is 1.44 bits per heavy atom. The van der Waals surface area contributed by atoms with E-state index in [0.717, 1.165) is 0 Å². The Morgan fingerprint density at radius 2 is 2.06 bits per heavy atom. The largest absolute Gasteiger partial charge is 0.392 e. The van der Waals surface area contributed by atoms with Gasteiger partial charge in [0.05, 0.1) is 6.61 Å². The van der Waals surface area contributed by atoms with Gasteiger partial charge in [0.2, 0.25) is 5.91 Å². The number of halogens is 1. The Kier molecular flexibility index (Phi) is 3.94. The fourth-order valence-corrected chi connectivity index (χ4v) is 1.28. The summed E-state index contributed by atoms with van der Waals surface area (Å²) in [6, 6.07) is 5.01. The highest BCUT2D eigenvalue weighted by Crippen LogP contribution is 2.23. The van der Waals surface area contributed by atoms with Crippen LogP contribution >= 0.6 is 11.6 Å². The van der Waals surface area contributed by atoms with Gasteiger partial charge in [0, 0.05) is 21.7 Å². The summed E-state index contributed by atoms with van der Waals surface area (Å²) in [7, 11) is 0. The maximum atomic E-state index is 11.8. The molecule has 0 spiro atoms. The second-order valence-electron chi connectivity index (χ2n) is 4.66. The quantitative estimate of drug-likeness (QED) is 0.837. The van der Waals surface area contributed by atoms with Gasteiger partial charge in [0.1, 0.15) is 0 Å². The summed E-state index contributed by atoms with van der Waals surface area (Å²) in [6.07, 6.45) is 0. The molecule has 1 aromatic rings. The fourth-order valence-electron chi connectivity index (χ4n) is 1.11. The van der Waals surface area contributed by atoms with Crippen molar-refractivity contribution < 1.29 is 9.90 Å². The predicted molar refractivity (Wildman–Crippen MR) is 65.5 cm³/mol. The van der Waals surface area contributed by atoms with Crippen molar-refractivity contribution in [2.24, 2.45) is 5.41 Å². The molecule has 0 radical (unpaired) electrons. The molecule has 0 bridgehead atoms. The van der Waals surface area contributed by atoms with Crippen LogP contribution in [0.25, 0.3) is 0 Å². The first-order valence-corrected chi connectivity index (χ1v) is 5.43. The smallest absolute Gasteiger partial charge is 0.229 e. The average Bonchev–Trinajstić information content (AvgIpc) is 2.16. The average molecular weight is 242 g/mol. The zero-order chi connectivity index (χ0) is 12.3. The number of rotatable bonds is 2. The maximum Gasteiger partial charge on any atom is 0.229 e. The highest BCUT2D eigenvalue weighted by Gasteiger charge is 2.21. The van der Waals surface area contributed by atoms with Crippen LogP contribution < -0.4 is 5.32 Å². The van der Waals surface area contributed by atoms with E-state index in [1.807, 2.05) is 20.8 Å². The van der Waals surface area contributed by atoms with Gasteiger partial charge >= 0.3 is 0 Å². The third kappa shape index (κ3) is 3.22. The number of nitrogens with one attached hydrogen (secondary N) is 1. The first kappa shape index (κ1) is 13.0. The lowest BCUT2D eigenvalue weighted by atomic mass is 9.95. The van der Waals surface area contributed by atoms with Crippen molar-refractivity contribution in [1.29, 1.82) is 0 Å². The van der Waals surface area contributed by atoms with Crippen LogP contribution in [0.3, 0.4) is 0 Å². The molecule has 1 amide bonds. The van der Waals surface area contributed by atoms with Gasteiger partial charge in [0.15, 0.2) is 0 Å². The van der Waals surface area contributed by atoms with Crippen LogP contribution in [0.1, 0.15) is 26.3 Å². The zero-order valence-corrected chi connectivity index (χ0v) is 10.4. The molecule has 0 aromatic heterocycles. The van der Waals surface area contributed by atoms with Gasteiger partial charge in [0.25, 0.3) is 0 Å². The number of amides is 1. The van der Waals surface area contributed by atoms with Crippen molar-refractivity contribution >= 4 is 23.2 Å². The summed E-state index contributed by atoms with van der Waals surface area (Å²) in [4.78, 5) is 11.8. The zero-order valence-electron chi connectivity index (χ0n) is 9.67. The summed E-state index contributed by atoms with van der Waals surface area (Å²) in [5, 5.41) is 12.4. The molecule has 4 heteroatoms. The minimum atomic E-state index is -0.477. The van der Waals surface area contributed by atoms with Gasteiger partial charge in [-0.1, -0.05) is 38.4 Å². The lowest BCUT2D eigenvalue weighted by Gasteiger charge is -2.19. The van der Waals surface area contributed by atoms with E-state index in [4.69, 9.17) is 16.7 Å². The number of carbonyl (C=O) groups is 1. The molecular formula is C12H16ClNO2. The molecule has 0 aliphatic heterocycles. The summed E-state index contributed by atoms with van der Waals surface area (Å²) < 4.78 is 0. The Morgan fingerprint density at radius 3 is 2.56 bits per heavy atom. The molecular weight excluding hydrogens is 226 g/mol. The van der Waals surface area contributed by atoms with E-state index >= 15 is 0 Å². The number of aliphatic hydroxyl groups excluding tert-OH is 1. The molecule has 0 aliphatic rings. The minimum Gasteiger partial charge on any atom is -0.392 e. The molecule has 1 aromatic carbocycles. The molecule has 16 heavy (non-hydrogen) atoms. The van der Waals surface area contributed by atoms with E-state index < -0.39 is 5.41 Å². The van der Waals surface area contributed by atoms with E-state index in [1.165, 1.54) is 0 Å². The van der Waals surface area contributed by atoms with E-state index in [2.05, 4.69) is 5.32 Å². The lowest BCUT2D eigenvalue weighted by molar-refractivity contribution is -0.123. The topological polar surface area (TPSA) is 49.3 Å². The Balaban J connectivity index is 2.96. The summed E-state index contributed by atoms with van der Waals surface area (Å²) in [5.74, 6) is -0.107. The van der Waals surface area contributed by atoms with E-state index in [9.17, 15) is 4.79 Å². The number of carbonyl (C=O) groups excluding carboxylic acids is 1. The standard InChI is InChI=1S/C12H16ClNO2/c1-12(2,3)11(16)14-10-6-9(13)5-4-8(10)7-15/h4-6,15H,7H2,1-3H3,(H,14,16). The Labute approximate surface area is 100 Å². The van der Waals surface area contributed by atoms with Crippen LogP contribution in [0, 0.1) is 5.41 Å². The van der Waals surface area contributed by atoms with E-state index in [-0.39, 0.29) is 12.5 Å². The first-order valence-electron chi connectivity index (χ1n) is 5.05. The van der Waals surface area contributed by atoms with Crippen molar-refractivity contribution in [2.45, 2.75) is 27.4 Å². The highest BCUT2D eigenvalue weighted by molar-refractivity contribution is 6.31. The molecule has 3 nitrogen and oxygen atoms in total. The van der Waals surface area contributed by atoms with Crippen molar-refractivity contribution in [1.82, 2.24) is 0 Å². The molecule has 0 saturated carbocycles. The summed E-state index contributed by atoms with van der Waals surface area (Å²) in [5.41, 5.74) is 0.742. The lowest BCUT2D eigenvalue weighted by Crippen LogP contribution is -2.28. The van der Waals surface area contributed by atoms with Crippen LogP contribution in [0.5, 0.6) is 0 Å². The third-order valence-electron chi connectivity index (χ3n) is 2.17. The second kappa shape index (κ2) is 4.85. The van der Waals surface area contributed by atoms with Gasteiger partial charge in [-0.15, -0.1) is 0 Å². The number of aliphatic hydroxyl groups is 1. The summed E-state index contributed by atoms with van der Waals surface area (Å²) >= 11 is 5.84. The molecule has 0 unspecified atom stereocenters. The van der Waals surface area contributed by atoms with Crippen molar-refractivity contribution in [3.8, 4) is 0 Å². The number of hydrogen-bond donors (Lipinski definition) is 2.